The van der Waals surface area contributed by atoms with Crippen molar-refractivity contribution in [3.05, 3.63) is 70.9 Å². The van der Waals surface area contributed by atoms with Crippen LogP contribution in [0.3, 0.4) is 0 Å². The molecule has 0 fully saturated rings. The number of carboxylic acids is 1. The maximum atomic E-state index is 12.7. The summed E-state index contributed by atoms with van der Waals surface area (Å²) in [5, 5.41) is 13.6. The number of carboxylic acid groups (broad SMARTS) is 1. The molecular weight excluding hydrogens is 357 g/mol. The second kappa shape index (κ2) is 6.25. The van der Waals surface area contributed by atoms with Crippen molar-refractivity contribution < 1.29 is 23.1 Å². The average Bonchev–Trinajstić information content (AvgIpc) is 3.00. The highest BCUT2D eigenvalue weighted by Crippen LogP contribution is 2.32. The van der Waals surface area contributed by atoms with E-state index in [-0.39, 0.29) is 5.69 Å². The van der Waals surface area contributed by atoms with Crippen molar-refractivity contribution in [3.8, 4) is 16.9 Å². The van der Waals surface area contributed by atoms with Gasteiger partial charge in [-0.15, -0.1) is 0 Å². The lowest BCUT2D eigenvalue weighted by molar-refractivity contribution is -0.137. The Bertz CT molecular complexity index is 934. The molecule has 0 amide bonds. The van der Waals surface area contributed by atoms with Gasteiger partial charge < -0.3 is 5.11 Å². The molecular formula is C17H10ClF3N2O2. The topological polar surface area (TPSA) is 55.1 Å². The number of hydrogen-bond donors (Lipinski definition) is 1. The van der Waals surface area contributed by atoms with E-state index >= 15 is 0 Å². The first-order valence-electron chi connectivity index (χ1n) is 7.02. The zero-order chi connectivity index (χ0) is 18.2. The maximum absolute atomic E-state index is 12.7. The molecule has 0 atom stereocenters. The average molecular weight is 367 g/mol. The second-order valence-electron chi connectivity index (χ2n) is 5.19. The summed E-state index contributed by atoms with van der Waals surface area (Å²) in [5.74, 6) is -1.24. The lowest BCUT2D eigenvalue weighted by atomic mass is 10.1. The Morgan fingerprint density at radius 3 is 2.32 bits per heavy atom. The number of alkyl halides is 3. The number of rotatable bonds is 3. The Hall–Kier alpha value is -2.80. The van der Waals surface area contributed by atoms with Crippen LogP contribution >= 0.6 is 11.6 Å². The van der Waals surface area contributed by atoms with Crippen LogP contribution in [0.5, 0.6) is 0 Å². The van der Waals surface area contributed by atoms with Crippen LogP contribution in [0.4, 0.5) is 13.2 Å². The van der Waals surface area contributed by atoms with E-state index in [0.29, 0.717) is 22.0 Å². The van der Waals surface area contributed by atoms with Gasteiger partial charge in [-0.1, -0.05) is 29.8 Å². The molecule has 0 unspecified atom stereocenters. The third kappa shape index (κ3) is 3.51. The molecule has 0 aliphatic rings. The van der Waals surface area contributed by atoms with Crippen molar-refractivity contribution in [3.63, 3.8) is 0 Å². The van der Waals surface area contributed by atoms with Crippen molar-refractivity contribution in [2.75, 3.05) is 0 Å². The third-order valence-electron chi connectivity index (χ3n) is 3.49. The molecule has 3 aromatic rings. The summed E-state index contributed by atoms with van der Waals surface area (Å²) in [6.45, 7) is 0. The molecule has 0 aliphatic heterocycles. The van der Waals surface area contributed by atoms with Gasteiger partial charge in [0.25, 0.3) is 0 Å². The molecule has 1 N–H and O–H groups in total. The first-order valence-corrected chi connectivity index (χ1v) is 7.40. The summed E-state index contributed by atoms with van der Waals surface area (Å²) in [7, 11) is 0. The number of aromatic carboxylic acids is 1. The van der Waals surface area contributed by atoms with Crippen molar-refractivity contribution in [1.29, 1.82) is 0 Å². The van der Waals surface area contributed by atoms with E-state index in [1.807, 2.05) is 0 Å². The quantitative estimate of drug-likeness (QED) is 0.716. The van der Waals surface area contributed by atoms with Gasteiger partial charge in [0.2, 0.25) is 0 Å². The van der Waals surface area contributed by atoms with Crippen molar-refractivity contribution in [2.45, 2.75) is 6.18 Å². The molecule has 8 heteroatoms. The molecule has 1 aromatic heterocycles. The highest BCUT2D eigenvalue weighted by molar-refractivity contribution is 6.30. The molecule has 0 aliphatic carbocycles. The number of carbonyl (C=O) groups is 1. The molecule has 1 heterocycles. The number of hydrogen-bond acceptors (Lipinski definition) is 2. The van der Waals surface area contributed by atoms with Crippen molar-refractivity contribution in [1.82, 2.24) is 9.78 Å². The fourth-order valence-electron chi connectivity index (χ4n) is 2.33. The summed E-state index contributed by atoms with van der Waals surface area (Å²) in [6.07, 6.45) is -4.45. The predicted molar refractivity (Wildman–Crippen MR) is 86.0 cm³/mol. The van der Waals surface area contributed by atoms with Gasteiger partial charge in [-0.05, 0) is 36.4 Å². The van der Waals surface area contributed by atoms with Gasteiger partial charge in [0.15, 0.2) is 5.69 Å². The SMILES string of the molecule is O=C(O)c1cc(-c2ccc(C(F)(F)F)cc2)n(-c2cccc(Cl)c2)n1. The van der Waals surface area contributed by atoms with E-state index in [0.717, 1.165) is 12.1 Å². The fraction of sp³-hybridized carbons (Fsp3) is 0.0588. The maximum Gasteiger partial charge on any atom is 0.416 e. The summed E-state index contributed by atoms with van der Waals surface area (Å²) in [4.78, 5) is 11.2. The smallest absolute Gasteiger partial charge is 0.416 e. The van der Waals surface area contributed by atoms with Crippen LogP contribution in [-0.4, -0.2) is 20.9 Å². The molecule has 128 valence electrons. The lowest BCUT2D eigenvalue weighted by Gasteiger charge is -2.10. The first kappa shape index (κ1) is 17.0. The minimum Gasteiger partial charge on any atom is -0.476 e. The minimum absolute atomic E-state index is 0.227. The standard InChI is InChI=1S/C17H10ClF3N2O2/c18-12-2-1-3-13(8-12)23-15(9-14(22-23)16(24)25)10-4-6-11(7-5-10)17(19,20)21/h1-9H,(H,24,25). The molecule has 3 rings (SSSR count). The van der Waals surface area contributed by atoms with Crippen LogP contribution in [0.1, 0.15) is 16.1 Å². The number of aromatic nitrogens is 2. The van der Waals surface area contributed by atoms with E-state index in [4.69, 9.17) is 11.6 Å². The van der Waals surface area contributed by atoms with Gasteiger partial charge in [0.05, 0.1) is 16.9 Å². The highest BCUT2D eigenvalue weighted by Gasteiger charge is 2.30. The minimum atomic E-state index is -4.45. The first-order chi connectivity index (χ1) is 11.8. The molecule has 25 heavy (non-hydrogen) atoms. The van der Waals surface area contributed by atoms with Gasteiger partial charge in [-0.3, -0.25) is 0 Å². The van der Waals surface area contributed by atoms with E-state index in [1.54, 1.807) is 24.3 Å². The van der Waals surface area contributed by atoms with E-state index < -0.39 is 17.7 Å². The summed E-state index contributed by atoms with van der Waals surface area (Å²) < 4.78 is 39.5. The number of halogens is 4. The summed E-state index contributed by atoms with van der Waals surface area (Å²) in [5.41, 5.74) is 0.217. The van der Waals surface area contributed by atoms with Crippen LogP contribution in [0.15, 0.2) is 54.6 Å². The molecule has 4 nitrogen and oxygen atoms in total. The predicted octanol–water partition coefficient (Wildman–Crippen LogP) is 4.91. The summed E-state index contributed by atoms with van der Waals surface area (Å²) >= 11 is 5.95. The molecule has 0 saturated carbocycles. The molecule has 0 radical (unpaired) electrons. The van der Waals surface area contributed by atoms with Crippen molar-refractivity contribution in [2.24, 2.45) is 0 Å². The molecule has 2 aromatic carbocycles. The van der Waals surface area contributed by atoms with E-state index in [9.17, 15) is 23.1 Å². The number of nitrogens with zero attached hydrogens (tertiary/aromatic N) is 2. The Morgan fingerprint density at radius 2 is 1.76 bits per heavy atom. The number of benzene rings is 2. The fourth-order valence-corrected chi connectivity index (χ4v) is 2.51. The summed E-state index contributed by atoms with van der Waals surface area (Å²) in [6, 6.07) is 12.3. The normalized spacial score (nSPS) is 11.5. The van der Waals surface area contributed by atoms with Gasteiger partial charge in [-0.25, -0.2) is 9.48 Å². The lowest BCUT2D eigenvalue weighted by Crippen LogP contribution is -2.05. The van der Waals surface area contributed by atoms with Crippen LogP contribution < -0.4 is 0 Å². The van der Waals surface area contributed by atoms with Gasteiger partial charge in [0.1, 0.15) is 0 Å². The van der Waals surface area contributed by atoms with Crippen molar-refractivity contribution >= 4 is 17.6 Å². The van der Waals surface area contributed by atoms with Crippen LogP contribution in [-0.2, 0) is 6.18 Å². The Morgan fingerprint density at radius 1 is 1.08 bits per heavy atom. The van der Waals surface area contributed by atoms with Gasteiger partial charge in [0, 0.05) is 10.6 Å². The highest BCUT2D eigenvalue weighted by atomic mass is 35.5. The Labute approximate surface area is 145 Å². The van der Waals surface area contributed by atoms with Gasteiger partial charge in [-0.2, -0.15) is 18.3 Å². The van der Waals surface area contributed by atoms with Crippen LogP contribution in [0.2, 0.25) is 5.02 Å². The van der Waals surface area contributed by atoms with E-state index in [1.165, 1.54) is 22.9 Å². The zero-order valence-corrected chi connectivity index (χ0v) is 13.2. The zero-order valence-electron chi connectivity index (χ0n) is 12.5. The van der Waals surface area contributed by atoms with Crippen LogP contribution in [0, 0.1) is 0 Å². The van der Waals surface area contributed by atoms with E-state index in [2.05, 4.69) is 5.10 Å². The monoisotopic (exact) mass is 366 g/mol. The van der Waals surface area contributed by atoms with Crippen LogP contribution in [0.25, 0.3) is 16.9 Å². The second-order valence-corrected chi connectivity index (χ2v) is 5.62. The Kier molecular flexibility index (Phi) is 4.26. The Balaban J connectivity index is 2.13. The third-order valence-corrected chi connectivity index (χ3v) is 3.72. The largest absolute Gasteiger partial charge is 0.476 e. The molecule has 0 bridgehead atoms. The molecule has 0 spiro atoms. The molecule has 0 saturated heterocycles. The van der Waals surface area contributed by atoms with Gasteiger partial charge >= 0.3 is 12.1 Å².